The zero-order valence-electron chi connectivity index (χ0n) is 6.31. The smallest absolute Gasteiger partial charge is 0.279 e. The van der Waals surface area contributed by atoms with Crippen molar-refractivity contribution in [1.82, 2.24) is 0 Å². The molecule has 0 radical (unpaired) electrons. The molecule has 0 aromatic carbocycles. The molecule has 0 aliphatic carbocycles. The van der Waals surface area contributed by atoms with Crippen LogP contribution in [0.4, 0.5) is 0 Å². The van der Waals surface area contributed by atoms with E-state index in [-0.39, 0.29) is 0 Å². The molecule has 9 heavy (non-hydrogen) atoms. The molecule has 0 saturated heterocycles. The molecule has 0 aliphatic heterocycles. The first-order valence-corrected chi connectivity index (χ1v) is 6.12. The molecule has 54 valence electrons. The summed E-state index contributed by atoms with van der Waals surface area (Å²) in [5.41, 5.74) is 0. The Bertz CT molecular complexity index is 89.1. The molecule has 0 aliphatic rings. The molecule has 0 heterocycles. The average molecular weight is 146 g/mol. The van der Waals surface area contributed by atoms with Gasteiger partial charge in [-0.05, 0) is 18.6 Å². The van der Waals surface area contributed by atoms with Crippen molar-refractivity contribution in [3.8, 4) is 0 Å². The molecule has 0 atom stereocenters. The summed E-state index contributed by atoms with van der Waals surface area (Å²) in [5.74, 6) is 0. The van der Waals surface area contributed by atoms with E-state index in [1.807, 2.05) is 0 Å². The van der Waals surface area contributed by atoms with E-state index < -0.39 is 8.32 Å². The Kier molecular flexibility index (Phi) is 3.54. The summed E-state index contributed by atoms with van der Waals surface area (Å²) in [6.45, 7) is 6.79. The zero-order valence-corrected chi connectivity index (χ0v) is 7.31. The molecular formula is C6H14O2Si. The van der Waals surface area contributed by atoms with Crippen LogP contribution in [0, 0.1) is 0 Å². The third kappa shape index (κ3) is 2.65. The van der Waals surface area contributed by atoms with Gasteiger partial charge < -0.3 is 4.43 Å². The highest BCUT2D eigenvalue weighted by molar-refractivity contribution is 6.73. The molecule has 0 fully saturated rings. The van der Waals surface area contributed by atoms with Crippen molar-refractivity contribution in [2.24, 2.45) is 0 Å². The molecule has 0 spiro atoms. The second kappa shape index (κ2) is 3.66. The predicted octanol–water partition coefficient (Wildman–Crippen LogP) is 1.77. The van der Waals surface area contributed by atoms with E-state index in [1.54, 1.807) is 0 Å². The number of carbonyl (C=O) groups is 1. The van der Waals surface area contributed by atoms with Gasteiger partial charge in [-0.1, -0.05) is 13.8 Å². The lowest BCUT2D eigenvalue weighted by Crippen LogP contribution is -2.31. The Morgan fingerprint density at radius 1 is 1.44 bits per heavy atom. The van der Waals surface area contributed by atoms with Gasteiger partial charge in [0.1, 0.15) is 0 Å². The van der Waals surface area contributed by atoms with Crippen LogP contribution in [0.3, 0.4) is 0 Å². The lowest BCUT2D eigenvalue weighted by Gasteiger charge is -2.20. The largest absolute Gasteiger partial charge is 0.521 e. The van der Waals surface area contributed by atoms with Gasteiger partial charge in [-0.2, -0.15) is 0 Å². The van der Waals surface area contributed by atoms with Gasteiger partial charge >= 0.3 is 0 Å². The van der Waals surface area contributed by atoms with Gasteiger partial charge in [0.25, 0.3) is 14.8 Å². The fourth-order valence-corrected chi connectivity index (χ4v) is 1.60. The molecule has 0 aromatic rings. The van der Waals surface area contributed by atoms with Crippen molar-refractivity contribution in [2.45, 2.75) is 32.5 Å². The molecule has 3 heteroatoms. The van der Waals surface area contributed by atoms with Crippen molar-refractivity contribution in [3.63, 3.8) is 0 Å². The Morgan fingerprint density at radius 3 is 2.00 bits per heavy atom. The van der Waals surface area contributed by atoms with Crippen LogP contribution in [-0.2, 0) is 9.22 Å². The van der Waals surface area contributed by atoms with Crippen molar-refractivity contribution < 1.29 is 9.22 Å². The van der Waals surface area contributed by atoms with Crippen LogP contribution >= 0.6 is 0 Å². The van der Waals surface area contributed by atoms with Crippen LogP contribution in [0.25, 0.3) is 0 Å². The lowest BCUT2D eigenvalue weighted by molar-refractivity contribution is -0.121. The van der Waals surface area contributed by atoms with Crippen LogP contribution in [0.2, 0.25) is 18.6 Å². The Hall–Kier alpha value is -0.313. The third-order valence-electron chi connectivity index (χ3n) is 1.83. The molecule has 0 bridgehead atoms. The SMILES string of the molecule is CC[Si](C)(CC)OC=O. The highest BCUT2D eigenvalue weighted by atomic mass is 28.4. The summed E-state index contributed by atoms with van der Waals surface area (Å²) in [4.78, 5) is 9.95. The maximum atomic E-state index is 9.95. The van der Waals surface area contributed by atoms with E-state index in [0.29, 0.717) is 6.47 Å². The van der Waals surface area contributed by atoms with Gasteiger partial charge in [0.15, 0.2) is 0 Å². The van der Waals surface area contributed by atoms with E-state index in [1.165, 1.54) is 0 Å². The molecule has 2 nitrogen and oxygen atoms in total. The Labute approximate surface area is 57.3 Å². The van der Waals surface area contributed by atoms with Crippen molar-refractivity contribution >= 4 is 14.8 Å². The Morgan fingerprint density at radius 2 is 1.89 bits per heavy atom. The first-order valence-electron chi connectivity index (χ1n) is 3.30. The van der Waals surface area contributed by atoms with E-state index in [0.717, 1.165) is 12.1 Å². The molecule has 0 unspecified atom stereocenters. The minimum atomic E-state index is -1.57. The number of rotatable bonds is 4. The maximum absolute atomic E-state index is 9.95. The van der Waals surface area contributed by atoms with Crippen LogP contribution in [0.1, 0.15) is 13.8 Å². The lowest BCUT2D eigenvalue weighted by atomic mass is 10.9. The second-order valence-electron chi connectivity index (χ2n) is 2.37. The minimum absolute atomic E-state index is 0.583. The topological polar surface area (TPSA) is 26.3 Å². The highest BCUT2D eigenvalue weighted by Crippen LogP contribution is 2.13. The van der Waals surface area contributed by atoms with Gasteiger partial charge in [0.2, 0.25) is 0 Å². The summed E-state index contributed by atoms with van der Waals surface area (Å²) in [6, 6.07) is 2.03. The van der Waals surface area contributed by atoms with Gasteiger partial charge in [-0.15, -0.1) is 0 Å². The summed E-state index contributed by atoms with van der Waals surface area (Å²) in [5, 5.41) is 0. The fraction of sp³-hybridized carbons (Fsp3) is 0.833. The van der Waals surface area contributed by atoms with Gasteiger partial charge in [0, 0.05) is 0 Å². The van der Waals surface area contributed by atoms with Gasteiger partial charge in [0.05, 0.1) is 0 Å². The fourth-order valence-electron chi connectivity index (χ4n) is 0.533. The summed E-state index contributed by atoms with van der Waals surface area (Å²) < 4.78 is 4.99. The molecule has 0 saturated carbocycles. The van der Waals surface area contributed by atoms with Crippen LogP contribution in [0.15, 0.2) is 0 Å². The van der Waals surface area contributed by atoms with Crippen molar-refractivity contribution in [3.05, 3.63) is 0 Å². The average Bonchev–Trinajstić information content (AvgIpc) is 1.89. The third-order valence-corrected chi connectivity index (χ3v) is 5.49. The number of carbonyl (C=O) groups excluding carboxylic acids is 1. The summed E-state index contributed by atoms with van der Waals surface area (Å²) >= 11 is 0. The maximum Gasteiger partial charge on any atom is 0.279 e. The van der Waals surface area contributed by atoms with E-state index in [9.17, 15) is 4.79 Å². The van der Waals surface area contributed by atoms with Gasteiger partial charge in [-0.3, -0.25) is 4.79 Å². The molecule has 0 amide bonds. The number of hydrogen-bond acceptors (Lipinski definition) is 2. The van der Waals surface area contributed by atoms with Crippen LogP contribution < -0.4 is 0 Å². The zero-order chi connectivity index (χ0) is 7.33. The molecule has 0 N–H and O–H groups in total. The first kappa shape index (κ1) is 8.69. The molecule has 0 aromatic heterocycles. The quantitative estimate of drug-likeness (QED) is 0.446. The predicted molar refractivity (Wildman–Crippen MR) is 39.7 cm³/mol. The normalized spacial score (nSPS) is 11.0. The highest BCUT2D eigenvalue weighted by Gasteiger charge is 2.24. The van der Waals surface area contributed by atoms with E-state index in [4.69, 9.17) is 4.43 Å². The standard InChI is InChI=1S/C6H14O2Si/c1-4-9(3,5-2)8-6-7/h6H,4-5H2,1-3H3. The summed E-state index contributed by atoms with van der Waals surface area (Å²) in [6.07, 6.45) is 0. The molecule has 0 rings (SSSR count). The van der Waals surface area contributed by atoms with Crippen molar-refractivity contribution in [2.75, 3.05) is 0 Å². The van der Waals surface area contributed by atoms with Crippen LogP contribution in [0.5, 0.6) is 0 Å². The number of hydrogen-bond donors (Lipinski definition) is 0. The van der Waals surface area contributed by atoms with Crippen molar-refractivity contribution in [1.29, 1.82) is 0 Å². The van der Waals surface area contributed by atoms with Crippen LogP contribution in [-0.4, -0.2) is 14.8 Å². The van der Waals surface area contributed by atoms with E-state index >= 15 is 0 Å². The molecular weight excluding hydrogens is 132 g/mol. The first-order chi connectivity index (χ1) is 4.18. The monoisotopic (exact) mass is 146 g/mol. The second-order valence-corrected chi connectivity index (χ2v) is 6.92. The van der Waals surface area contributed by atoms with E-state index in [2.05, 4.69) is 20.4 Å². The summed E-state index contributed by atoms with van der Waals surface area (Å²) in [7, 11) is -1.57. The Balaban J connectivity index is 3.75. The minimum Gasteiger partial charge on any atom is -0.521 e. The van der Waals surface area contributed by atoms with Gasteiger partial charge in [-0.25, -0.2) is 0 Å².